The van der Waals surface area contributed by atoms with Gasteiger partial charge in [0.25, 0.3) is 0 Å². The molecular weight excluding hydrogens is 330 g/mol. The normalized spacial score (nSPS) is 20.4. The van der Waals surface area contributed by atoms with Crippen molar-refractivity contribution in [1.82, 2.24) is 0 Å². The molecule has 0 aromatic heterocycles. The number of nitrogens with two attached hydrogens (primary N) is 1. The van der Waals surface area contributed by atoms with Gasteiger partial charge in [0.2, 0.25) is 0 Å². The van der Waals surface area contributed by atoms with E-state index in [-0.39, 0.29) is 6.04 Å². The second kappa shape index (κ2) is 5.04. The van der Waals surface area contributed by atoms with Gasteiger partial charge in [-0.3, -0.25) is 0 Å². The third kappa shape index (κ3) is 2.14. The summed E-state index contributed by atoms with van der Waals surface area (Å²) in [5, 5.41) is 0. The molecule has 108 valence electrons. The van der Waals surface area contributed by atoms with Crippen molar-refractivity contribution in [2.45, 2.75) is 18.4 Å². The van der Waals surface area contributed by atoms with Crippen molar-refractivity contribution in [3.05, 3.63) is 57.6 Å². The lowest BCUT2D eigenvalue weighted by atomic mass is 9.72. The third-order valence-corrected chi connectivity index (χ3v) is 5.04. The topological polar surface area (TPSA) is 44.5 Å². The highest BCUT2D eigenvalue weighted by molar-refractivity contribution is 9.10. The summed E-state index contributed by atoms with van der Waals surface area (Å²) in [5.74, 6) is 1.96. The number of rotatable bonds is 2. The van der Waals surface area contributed by atoms with Crippen LogP contribution in [0.1, 0.15) is 28.7 Å². The van der Waals surface area contributed by atoms with Gasteiger partial charge in [0.05, 0.1) is 0 Å². The summed E-state index contributed by atoms with van der Waals surface area (Å²) in [6.07, 6.45) is 1.04. The Morgan fingerprint density at radius 1 is 1.10 bits per heavy atom. The van der Waals surface area contributed by atoms with Gasteiger partial charge in [-0.1, -0.05) is 40.2 Å². The predicted molar refractivity (Wildman–Crippen MR) is 84.9 cm³/mol. The van der Waals surface area contributed by atoms with Crippen molar-refractivity contribution >= 4 is 15.9 Å². The molecule has 2 aromatic carbocycles. The van der Waals surface area contributed by atoms with Gasteiger partial charge in [-0.05, 0) is 35.2 Å². The Kier molecular flexibility index (Phi) is 3.16. The lowest BCUT2D eigenvalue weighted by Gasteiger charge is -2.35. The maximum Gasteiger partial charge on any atom is 0.162 e. The zero-order valence-electron chi connectivity index (χ0n) is 11.5. The fraction of sp³-hybridized carbons (Fsp3) is 0.294. The number of hydrogen-bond acceptors (Lipinski definition) is 3. The first-order valence-electron chi connectivity index (χ1n) is 7.16. The van der Waals surface area contributed by atoms with Gasteiger partial charge in [-0.2, -0.15) is 0 Å². The zero-order valence-corrected chi connectivity index (χ0v) is 13.1. The number of benzene rings is 2. The number of fused-ring (bicyclic) bond motifs is 2. The summed E-state index contributed by atoms with van der Waals surface area (Å²) in [7, 11) is 0. The molecule has 4 heteroatoms. The average molecular weight is 346 g/mol. The second-order valence-electron chi connectivity index (χ2n) is 5.55. The largest absolute Gasteiger partial charge is 0.486 e. The highest BCUT2D eigenvalue weighted by Crippen LogP contribution is 2.46. The molecule has 2 unspecified atom stereocenters. The molecule has 3 nitrogen and oxygen atoms in total. The first kappa shape index (κ1) is 13.2. The number of ether oxygens (including phenoxy) is 2. The Bertz CT molecular complexity index is 701. The Labute approximate surface area is 132 Å². The van der Waals surface area contributed by atoms with Crippen LogP contribution in [0.4, 0.5) is 0 Å². The zero-order chi connectivity index (χ0) is 14.4. The van der Waals surface area contributed by atoms with Gasteiger partial charge in [0.1, 0.15) is 13.2 Å². The van der Waals surface area contributed by atoms with E-state index >= 15 is 0 Å². The van der Waals surface area contributed by atoms with Crippen molar-refractivity contribution in [2.75, 3.05) is 13.2 Å². The van der Waals surface area contributed by atoms with Crippen LogP contribution in [-0.2, 0) is 6.42 Å². The van der Waals surface area contributed by atoms with E-state index in [1.165, 1.54) is 11.1 Å². The van der Waals surface area contributed by atoms with Gasteiger partial charge in [0.15, 0.2) is 11.5 Å². The minimum Gasteiger partial charge on any atom is -0.486 e. The van der Waals surface area contributed by atoms with Gasteiger partial charge >= 0.3 is 0 Å². The van der Waals surface area contributed by atoms with Crippen molar-refractivity contribution in [3.8, 4) is 11.5 Å². The highest BCUT2D eigenvalue weighted by atomic mass is 79.9. The molecule has 4 rings (SSSR count). The van der Waals surface area contributed by atoms with Crippen LogP contribution in [0.3, 0.4) is 0 Å². The Morgan fingerprint density at radius 3 is 2.57 bits per heavy atom. The molecule has 0 radical (unpaired) electrons. The molecule has 0 fully saturated rings. The lowest BCUT2D eigenvalue weighted by molar-refractivity contribution is 0.171. The third-order valence-electron chi connectivity index (χ3n) is 4.35. The Morgan fingerprint density at radius 2 is 1.81 bits per heavy atom. The number of halogens is 1. The molecule has 2 N–H and O–H groups in total. The molecule has 2 aromatic rings. The van der Waals surface area contributed by atoms with Crippen LogP contribution in [-0.4, -0.2) is 13.2 Å². The van der Waals surface area contributed by atoms with Crippen LogP contribution in [0.25, 0.3) is 0 Å². The van der Waals surface area contributed by atoms with Crippen molar-refractivity contribution in [2.24, 2.45) is 5.73 Å². The molecular formula is C17H16BrNO2. The molecule has 2 aliphatic rings. The maximum atomic E-state index is 6.52. The predicted octanol–water partition coefficient (Wildman–Crippen LogP) is 3.56. The summed E-state index contributed by atoms with van der Waals surface area (Å²) in [4.78, 5) is 0. The van der Waals surface area contributed by atoms with E-state index in [0.29, 0.717) is 19.1 Å². The quantitative estimate of drug-likeness (QED) is 0.904. The standard InChI is InChI=1S/C17H16BrNO2/c18-14-9-16-15(20-5-6-21-16)8-13(14)17(19)12-7-10-3-1-2-4-11(10)12/h1-4,8-9,12,17H,5-7,19H2. The molecule has 1 heterocycles. The van der Waals surface area contributed by atoms with Crippen LogP contribution in [0.5, 0.6) is 11.5 Å². The van der Waals surface area contributed by atoms with Crippen molar-refractivity contribution in [3.63, 3.8) is 0 Å². The fourth-order valence-corrected chi connectivity index (χ4v) is 3.76. The van der Waals surface area contributed by atoms with Crippen molar-refractivity contribution < 1.29 is 9.47 Å². The Balaban J connectivity index is 1.68. The van der Waals surface area contributed by atoms with Crippen molar-refractivity contribution in [1.29, 1.82) is 0 Å². The van der Waals surface area contributed by atoms with Crippen LogP contribution in [0, 0.1) is 0 Å². The summed E-state index contributed by atoms with van der Waals surface area (Å²) in [5.41, 5.74) is 10.4. The molecule has 0 amide bonds. The first-order chi connectivity index (χ1) is 10.2. The highest BCUT2D eigenvalue weighted by Gasteiger charge is 2.33. The SMILES string of the molecule is NC(c1cc2c(cc1Br)OCCO2)C1Cc2ccccc21. The molecule has 0 bridgehead atoms. The van der Waals surface area contributed by atoms with Crippen LogP contribution >= 0.6 is 15.9 Å². The van der Waals surface area contributed by atoms with Crippen LogP contribution < -0.4 is 15.2 Å². The van der Waals surface area contributed by atoms with Gasteiger partial charge in [-0.15, -0.1) is 0 Å². The van der Waals surface area contributed by atoms with E-state index in [1.807, 2.05) is 12.1 Å². The molecule has 21 heavy (non-hydrogen) atoms. The summed E-state index contributed by atoms with van der Waals surface area (Å²) in [6, 6.07) is 12.5. The molecule has 0 saturated heterocycles. The average Bonchev–Trinajstić information content (AvgIpc) is 2.47. The first-order valence-corrected chi connectivity index (χ1v) is 7.96. The summed E-state index contributed by atoms with van der Waals surface area (Å²) in [6.45, 7) is 1.19. The van der Waals surface area contributed by atoms with E-state index in [2.05, 4.69) is 40.2 Å². The fourth-order valence-electron chi connectivity index (χ4n) is 3.17. The smallest absolute Gasteiger partial charge is 0.162 e. The molecule has 0 spiro atoms. The van der Waals surface area contributed by atoms with Crippen LogP contribution in [0.15, 0.2) is 40.9 Å². The molecule has 0 saturated carbocycles. The van der Waals surface area contributed by atoms with E-state index in [1.54, 1.807) is 0 Å². The second-order valence-corrected chi connectivity index (χ2v) is 6.41. The number of hydrogen-bond donors (Lipinski definition) is 1. The lowest BCUT2D eigenvalue weighted by Crippen LogP contribution is -2.29. The summed E-state index contributed by atoms with van der Waals surface area (Å²) >= 11 is 3.62. The van der Waals surface area contributed by atoms with Crippen LogP contribution in [0.2, 0.25) is 0 Å². The van der Waals surface area contributed by atoms with E-state index < -0.39 is 0 Å². The monoisotopic (exact) mass is 345 g/mol. The summed E-state index contributed by atoms with van der Waals surface area (Å²) < 4.78 is 12.3. The minimum atomic E-state index is -0.0369. The van der Waals surface area contributed by atoms with Gasteiger partial charge in [0, 0.05) is 16.4 Å². The van der Waals surface area contributed by atoms with E-state index in [9.17, 15) is 0 Å². The minimum absolute atomic E-state index is 0.0369. The maximum absolute atomic E-state index is 6.52. The van der Waals surface area contributed by atoms with E-state index in [0.717, 1.165) is 28.0 Å². The Hall–Kier alpha value is -1.52. The van der Waals surface area contributed by atoms with Gasteiger partial charge in [-0.25, -0.2) is 0 Å². The molecule has 1 aliphatic carbocycles. The van der Waals surface area contributed by atoms with E-state index in [4.69, 9.17) is 15.2 Å². The molecule has 2 atom stereocenters. The molecule has 1 aliphatic heterocycles. The van der Waals surface area contributed by atoms with Gasteiger partial charge < -0.3 is 15.2 Å².